The van der Waals surface area contributed by atoms with Crippen molar-refractivity contribution in [2.45, 2.75) is 34.1 Å². The summed E-state index contributed by atoms with van der Waals surface area (Å²) in [7, 11) is 0. The summed E-state index contributed by atoms with van der Waals surface area (Å²) in [6, 6.07) is 3.78. The summed E-state index contributed by atoms with van der Waals surface area (Å²) in [6.45, 7) is 8.08. The summed E-state index contributed by atoms with van der Waals surface area (Å²) in [5.74, 6) is 0.518. The molecule has 0 saturated heterocycles. The molecule has 1 rings (SSSR count). The van der Waals surface area contributed by atoms with Crippen LogP contribution in [0.2, 0.25) is 0 Å². The van der Waals surface area contributed by atoms with Gasteiger partial charge in [-0.1, -0.05) is 13.8 Å². The topological polar surface area (TPSA) is 43.1 Å². The number of Topliss-reactive ketones (excluding diaryl/α,β-unsaturated/α-hetero) is 1. The molecular formula is C13H19NO. The van der Waals surface area contributed by atoms with E-state index in [1.54, 1.807) is 0 Å². The molecule has 0 bridgehead atoms. The number of rotatable bonds is 3. The number of aryl methyl sites for hydroxylation is 2. The molecule has 0 atom stereocenters. The van der Waals surface area contributed by atoms with Crippen molar-refractivity contribution >= 4 is 11.5 Å². The summed E-state index contributed by atoms with van der Waals surface area (Å²) < 4.78 is 0. The Kier molecular flexibility index (Phi) is 3.51. The van der Waals surface area contributed by atoms with Gasteiger partial charge in [-0.15, -0.1) is 0 Å². The second kappa shape index (κ2) is 4.47. The van der Waals surface area contributed by atoms with E-state index in [9.17, 15) is 4.79 Å². The highest BCUT2D eigenvalue weighted by atomic mass is 16.1. The first kappa shape index (κ1) is 11.8. The van der Waals surface area contributed by atoms with Crippen molar-refractivity contribution in [3.63, 3.8) is 0 Å². The van der Waals surface area contributed by atoms with Crippen LogP contribution in [0.5, 0.6) is 0 Å². The average molecular weight is 205 g/mol. The van der Waals surface area contributed by atoms with Gasteiger partial charge in [0, 0.05) is 17.7 Å². The first-order chi connectivity index (χ1) is 6.91. The predicted molar refractivity (Wildman–Crippen MR) is 64.1 cm³/mol. The van der Waals surface area contributed by atoms with Crippen LogP contribution in [0.25, 0.3) is 0 Å². The molecule has 1 aromatic rings. The van der Waals surface area contributed by atoms with Gasteiger partial charge in [0.15, 0.2) is 5.78 Å². The first-order valence-corrected chi connectivity index (χ1v) is 5.31. The third-order valence-corrected chi connectivity index (χ3v) is 2.56. The molecule has 0 heterocycles. The molecule has 0 amide bonds. The lowest BCUT2D eigenvalue weighted by Crippen LogP contribution is -2.07. The van der Waals surface area contributed by atoms with E-state index in [0.717, 1.165) is 11.1 Å². The summed E-state index contributed by atoms with van der Waals surface area (Å²) in [4.78, 5) is 11.9. The van der Waals surface area contributed by atoms with Gasteiger partial charge in [0.2, 0.25) is 0 Å². The minimum Gasteiger partial charge on any atom is -0.398 e. The third kappa shape index (κ3) is 2.82. The number of nitrogen functional groups attached to an aromatic ring is 1. The number of carbonyl (C=O) groups is 1. The normalized spacial score (nSPS) is 10.7. The largest absolute Gasteiger partial charge is 0.398 e. The van der Waals surface area contributed by atoms with Gasteiger partial charge >= 0.3 is 0 Å². The molecule has 0 aliphatic rings. The van der Waals surface area contributed by atoms with E-state index in [-0.39, 0.29) is 5.78 Å². The maximum absolute atomic E-state index is 11.9. The smallest absolute Gasteiger partial charge is 0.165 e. The van der Waals surface area contributed by atoms with Crippen LogP contribution in [0.15, 0.2) is 12.1 Å². The fourth-order valence-corrected chi connectivity index (χ4v) is 1.56. The highest BCUT2D eigenvalue weighted by Gasteiger charge is 2.12. The van der Waals surface area contributed by atoms with E-state index < -0.39 is 0 Å². The van der Waals surface area contributed by atoms with Crippen LogP contribution in [0.1, 0.15) is 41.8 Å². The molecule has 0 spiro atoms. The molecule has 0 unspecified atom stereocenters. The highest BCUT2D eigenvalue weighted by Crippen LogP contribution is 2.20. The zero-order valence-corrected chi connectivity index (χ0v) is 9.92. The Morgan fingerprint density at radius 2 is 1.80 bits per heavy atom. The van der Waals surface area contributed by atoms with Crippen molar-refractivity contribution in [2.24, 2.45) is 5.92 Å². The monoisotopic (exact) mass is 205 g/mol. The number of carbonyl (C=O) groups excluding carboxylic acids is 1. The maximum atomic E-state index is 11.9. The standard InChI is InChI=1S/C13H19NO/c1-8(2)5-13(15)11-6-9(3)10(4)7-12(11)14/h6-8H,5,14H2,1-4H3. The van der Waals surface area contributed by atoms with Gasteiger partial charge in [-0.2, -0.15) is 0 Å². The molecule has 0 radical (unpaired) electrons. The SMILES string of the molecule is Cc1cc(N)c(C(=O)CC(C)C)cc1C. The molecule has 0 aliphatic heterocycles. The Morgan fingerprint density at radius 3 is 2.33 bits per heavy atom. The first-order valence-electron chi connectivity index (χ1n) is 5.31. The molecule has 82 valence electrons. The van der Waals surface area contributed by atoms with Crippen LogP contribution in [-0.4, -0.2) is 5.78 Å². The van der Waals surface area contributed by atoms with E-state index in [0.29, 0.717) is 23.6 Å². The Morgan fingerprint density at radius 1 is 1.27 bits per heavy atom. The summed E-state index contributed by atoms with van der Waals surface area (Å²) in [5, 5.41) is 0. The number of hydrogen-bond acceptors (Lipinski definition) is 2. The van der Waals surface area contributed by atoms with E-state index in [1.807, 2.05) is 39.8 Å². The van der Waals surface area contributed by atoms with Crippen molar-refractivity contribution in [1.29, 1.82) is 0 Å². The highest BCUT2D eigenvalue weighted by molar-refractivity contribution is 6.01. The van der Waals surface area contributed by atoms with Crippen molar-refractivity contribution in [1.82, 2.24) is 0 Å². The Labute approximate surface area is 91.5 Å². The molecule has 0 fully saturated rings. The van der Waals surface area contributed by atoms with Gasteiger partial charge in [-0.25, -0.2) is 0 Å². The molecular weight excluding hydrogens is 186 g/mol. The predicted octanol–water partition coefficient (Wildman–Crippen LogP) is 3.11. The number of hydrogen-bond donors (Lipinski definition) is 1. The summed E-state index contributed by atoms with van der Waals surface area (Å²) in [5.41, 5.74) is 9.37. The molecule has 0 saturated carbocycles. The van der Waals surface area contributed by atoms with Crippen LogP contribution in [0.3, 0.4) is 0 Å². The van der Waals surface area contributed by atoms with E-state index >= 15 is 0 Å². The van der Waals surface area contributed by atoms with Crippen molar-refractivity contribution < 1.29 is 4.79 Å². The number of ketones is 1. The summed E-state index contributed by atoms with van der Waals surface area (Å²) in [6.07, 6.45) is 0.562. The van der Waals surface area contributed by atoms with Gasteiger partial charge in [0.25, 0.3) is 0 Å². The lowest BCUT2D eigenvalue weighted by molar-refractivity contribution is 0.0968. The van der Waals surface area contributed by atoms with Crippen LogP contribution in [0, 0.1) is 19.8 Å². The minimum absolute atomic E-state index is 0.144. The summed E-state index contributed by atoms with van der Waals surface area (Å²) >= 11 is 0. The zero-order valence-electron chi connectivity index (χ0n) is 9.92. The van der Waals surface area contributed by atoms with Gasteiger partial charge in [-0.05, 0) is 43.0 Å². The fraction of sp³-hybridized carbons (Fsp3) is 0.462. The second-order valence-electron chi connectivity index (χ2n) is 4.54. The Balaban J connectivity index is 3.04. The van der Waals surface area contributed by atoms with Crippen molar-refractivity contribution in [2.75, 3.05) is 5.73 Å². The molecule has 0 aliphatic carbocycles. The maximum Gasteiger partial charge on any atom is 0.165 e. The lowest BCUT2D eigenvalue weighted by atomic mass is 9.96. The van der Waals surface area contributed by atoms with Gasteiger partial charge < -0.3 is 5.73 Å². The van der Waals surface area contributed by atoms with E-state index in [2.05, 4.69) is 0 Å². The average Bonchev–Trinajstić information content (AvgIpc) is 2.09. The minimum atomic E-state index is 0.144. The number of anilines is 1. The Hall–Kier alpha value is -1.31. The van der Waals surface area contributed by atoms with Gasteiger partial charge in [0.05, 0.1) is 0 Å². The molecule has 15 heavy (non-hydrogen) atoms. The van der Waals surface area contributed by atoms with Gasteiger partial charge in [0.1, 0.15) is 0 Å². The van der Waals surface area contributed by atoms with Crippen molar-refractivity contribution in [3.05, 3.63) is 28.8 Å². The molecule has 2 nitrogen and oxygen atoms in total. The van der Waals surface area contributed by atoms with Gasteiger partial charge in [-0.3, -0.25) is 4.79 Å². The second-order valence-corrected chi connectivity index (χ2v) is 4.54. The lowest BCUT2D eigenvalue weighted by Gasteiger charge is -2.09. The van der Waals surface area contributed by atoms with Crippen LogP contribution in [0.4, 0.5) is 5.69 Å². The molecule has 2 N–H and O–H groups in total. The molecule has 1 aromatic carbocycles. The van der Waals surface area contributed by atoms with Crippen molar-refractivity contribution in [3.8, 4) is 0 Å². The van der Waals surface area contributed by atoms with Crippen LogP contribution < -0.4 is 5.73 Å². The Bertz CT molecular complexity index is 380. The third-order valence-electron chi connectivity index (χ3n) is 2.56. The molecule has 0 aromatic heterocycles. The quantitative estimate of drug-likeness (QED) is 0.608. The zero-order chi connectivity index (χ0) is 11.6. The van der Waals surface area contributed by atoms with E-state index in [1.165, 1.54) is 0 Å². The van der Waals surface area contributed by atoms with E-state index in [4.69, 9.17) is 5.73 Å². The van der Waals surface area contributed by atoms with Crippen LogP contribution >= 0.6 is 0 Å². The number of nitrogens with two attached hydrogens (primary N) is 1. The van der Waals surface area contributed by atoms with Crippen LogP contribution in [-0.2, 0) is 0 Å². The number of benzene rings is 1. The molecule has 2 heteroatoms. The fourth-order valence-electron chi connectivity index (χ4n) is 1.56.